The van der Waals surface area contributed by atoms with Crippen molar-refractivity contribution in [3.8, 4) is 5.75 Å². The lowest BCUT2D eigenvalue weighted by Crippen LogP contribution is -2.58. The average molecular weight is 417 g/mol. The number of aryl methyl sites for hydroxylation is 1. The van der Waals surface area contributed by atoms with Gasteiger partial charge in [-0.05, 0) is 36.8 Å². The Morgan fingerprint density at radius 3 is 2.69 bits per heavy atom. The van der Waals surface area contributed by atoms with Crippen molar-refractivity contribution in [3.63, 3.8) is 0 Å². The second kappa shape index (κ2) is 9.29. The van der Waals surface area contributed by atoms with Gasteiger partial charge in [0.05, 0.1) is 26.0 Å². The Labute approximate surface area is 175 Å². The Balaban J connectivity index is 1.70. The zero-order valence-electron chi connectivity index (χ0n) is 16.4. The number of nitrogens with zero attached hydrogens (tertiary/aromatic N) is 1. The zero-order chi connectivity index (χ0) is 20.9. The minimum atomic E-state index is -0.980. The molecule has 2 N–H and O–H groups in total. The SMILES string of the molecule is Cc1cccc(CC(=O)N2CCO[C@](COc3ccc(Cl)cc3)(CC(N)=O)C2)c1. The number of benzene rings is 2. The van der Waals surface area contributed by atoms with E-state index in [1.54, 1.807) is 29.2 Å². The molecule has 1 fully saturated rings. The Morgan fingerprint density at radius 1 is 1.24 bits per heavy atom. The summed E-state index contributed by atoms with van der Waals surface area (Å²) < 4.78 is 11.8. The minimum Gasteiger partial charge on any atom is -0.490 e. The number of morpholine rings is 1. The highest BCUT2D eigenvalue weighted by molar-refractivity contribution is 6.30. The first-order chi connectivity index (χ1) is 13.8. The van der Waals surface area contributed by atoms with E-state index in [0.29, 0.717) is 30.3 Å². The highest BCUT2D eigenvalue weighted by Crippen LogP contribution is 2.25. The van der Waals surface area contributed by atoms with Gasteiger partial charge in [-0.1, -0.05) is 41.4 Å². The molecule has 1 aliphatic rings. The maximum Gasteiger partial charge on any atom is 0.227 e. The molecular formula is C22H25ClN2O4. The number of hydrogen-bond acceptors (Lipinski definition) is 4. The molecule has 1 atom stereocenters. The van der Waals surface area contributed by atoms with E-state index in [1.165, 1.54) is 0 Å². The summed E-state index contributed by atoms with van der Waals surface area (Å²) in [4.78, 5) is 26.3. The molecule has 0 aliphatic carbocycles. The molecule has 0 radical (unpaired) electrons. The van der Waals surface area contributed by atoms with E-state index in [9.17, 15) is 9.59 Å². The van der Waals surface area contributed by atoms with E-state index in [2.05, 4.69) is 0 Å². The monoisotopic (exact) mass is 416 g/mol. The van der Waals surface area contributed by atoms with Crippen LogP contribution in [0.4, 0.5) is 0 Å². The smallest absolute Gasteiger partial charge is 0.227 e. The van der Waals surface area contributed by atoms with Gasteiger partial charge in [0.25, 0.3) is 0 Å². The highest BCUT2D eigenvalue weighted by Gasteiger charge is 2.40. The second-order valence-electron chi connectivity index (χ2n) is 7.40. The Bertz CT molecular complexity index is 871. The van der Waals surface area contributed by atoms with Crippen LogP contribution in [0.5, 0.6) is 5.75 Å². The number of carbonyl (C=O) groups excluding carboxylic acids is 2. The molecule has 29 heavy (non-hydrogen) atoms. The Morgan fingerprint density at radius 2 is 2.00 bits per heavy atom. The van der Waals surface area contributed by atoms with Crippen molar-refractivity contribution in [3.05, 3.63) is 64.7 Å². The van der Waals surface area contributed by atoms with Crippen LogP contribution >= 0.6 is 11.6 Å². The van der Waals surface area contributed by atoms with Crippen LogP contribution in [0.15, 0.2) is 48.5 Å². The topological polar surface area (TPSA) is 81.9 Å². The highest BCUT2D eigenvalue weighted by atomic mass is 35.5. The lowest BCUT2D eigenvalue weighted by molar-refractivity contribution is -0.161. The van der Waals surface area contributed by atoms with Crippen LogP contribution in [-0.2, 0) is 20.7 Å². The van der Waals surface area contributed by atoms with Gasteiger partial charge in [0, 0.05) is 11.6 Å². The number of carbonyl (C=O) groups is 2. The van der Waals surface area contributed by atoms with Gasteiger partial charge >= 0.3 is 0 Å². The fourth-order valence-electron chi connectivity index (χ4n) is 3.47. The van der Waals surface area contributed by atoms with Gasteiger partial charge in [0.2, 0.25) is 11.8 Å². The summed E-state index contributed by atoms with van der Waals surface area (Å²) in [5.74, 6) is 0.0852. The number of primary amides is 1. The molecule has 154 valence electrons. The van der Waals surface area contributed by atoms with Gasteiger partial charge in [-0.15, -0.1) is 0 Å². The minimum absolute atomic E-state index is 0.0146. The number of hydrogen-bond donors (Lipinski definition) is 1. The van der Waals surface area contributed by atoms with Gasteiger partial charge in [-0.2, -0.15) is 0 Å². The van der Waals surface area contributed by atoms with Crippen LogP contribution in [-0.4, -0.2) is 48.6 Å². The van der Waals surface area contributed by atoms with E-state index < -0.39 is 11.5 Å². The largest absolute Gasteiger partial charge is 0.490 e. The van der Waals surface area contributed by atoms with Crippen molar-refractivity contribution in [2.45, 2.75) is 25.4 Å². The molecule has 1 heterocycles. The number of rotatable bonds is 7. The molecule has 0 saturated carbocycles. The summed E-state index contributed by atoms with van der Waals surface area (Å²) in [6.07, 6.45) is 0.265. The van der Waals surface area contributed by atoms with Crippen molar-refractivity contribution in [2.24, 2.45) is 5.73 Å². The van der Waals surface area contributed by atoms with Crippen molar-refractivity contribution in [1.82, 2.24) is 4.90 Å². The third kappa shape index (κ3) is 5.95. The van der Waals surface area contributed by atoms with E-state index in [0.717, 1.165) is 11.1 Å². The Kier molecular flexibility index (Phi) is 6.77. The lowest BCUT2D eigenvalue weighted by atomic mass is 9.97. The summed E-state index contributed by atoms with van der Waals surface area (Å²) in [5, 5.41) is 0.603. The lowest BCUT2D eigenvalue weighted by Gasteiger charge is -2.42. The van der Waals surface area contributed by atoms with Gasteiger partial charge in [-0.3, -0.25) is 9.59 Å². The third-order valence-corrected chi connectivity index (χ3v) is 5.10. The maximum atomic E-state index is 12.9. The molecule has 2 amide bonds. The number of ether oxygens (including phenoxy) is 2. The van der Waals surface area contributed by atoms with E-state index in [1.807, 2.05) is 31.2 Å². The molecule has 3 rings (SSSR count). The summed E-state index contributed by atoms with van der Waals surface area (Å²) in [6.45, 7) is 3.12. The van der Waals surface area contributed by atoms with Gasteiger partial charge in [-0.25, -0.2) is 0 Å². The van der Waals surface area contributed by atoms with E-state index in [4.69, 9.17) is 26.8 Å². The first-order valence-electron chi connectivity index (χ1n) is 9.49. The first-order valence-corrected chi connectivity index (χ1v) is 9.87. The molecule has 1 aliphatic heterocycles. The molecule has 2 aromatic carbocycles. The fraction of sp³-hybridized carbons (Fsp3) is 0.364. The molecule has 0 bridgehead atoms. The standard InChI is InChI=1S/C22H25ClN2O4/c1-16-3-2-4-17(11-16)12-21(27)25-9-10-29-22(14-25,13-20(24)26)15-28-19-7-5-18(23)6-8-19/h2-8,11H,9-10,12-15H2,1H3,(H2,24,26)/t22-/m1/s1. The van der Waals surface area contributed by atoms with Crippen LogP contribution in [0.1, 0.15) is 17.5 Å². The number of amides is 2. The molecule has 0 spiro atoms. The molecule has 0 unspecified atom stereocenters. The van der Waals surface area contributed by atoms with Crippen LogP contribution < -0.4 is 10.5 Å². The normalized spacial score (nSPS) is 19.0. The summed E-state index contributed by atoms with van der Waals surface area (Å²) >= 11 is 5.90. The number of halogens is 1. The molecule has 0 aromatic heterocycles. The fourth-order valence-corrected chi connectivity index (χ4v) is 3.60. The zero-order valence-corrected chi connectivity index (χ0v) is 17.2. The van der Waals surface area contributed by atoms with Gasteiger partial charge < -0.3 is 20.1 Å². The molecular weight excluding hydrogens is 392 g/mol. The molecule has 2 aromatic rings. The Hall–Kier alpha value is -2.57. The van der Waals surface area contributed by atoms with Crippen molar-refractivity contribution >= 4 is 23.4 Å². The summed E-state index contributed by atoms with van der Waals surface area (Å²) in [7, 11) is 0. The third-order valence-electron chi connectivity index (χ3n) is 4.85. The van der Waals surface area contributed by atoms with Crippen LogP contribution in [0.3, 0.4) is 0 Å². The van der Waals surface area contributed by atoms with Gasteiger partial charge in [0.15, 0.2) is 0 Å². The molecule has 7 heteroatoms. The van der Waals surface area contributed by atoms with Crippen LogP contribution in [0, 0.1) is 6.92 Å². The van der Waals surface area contributed by atoms with Crippen molar-refractivity contribution < 1.29 is 19.1 Å². The van der Waals surface area contributed by atoms with Gasteiger partial charge in [0.1, 0.15) is 18.0 Å². The van der Waals surface area contributed by atoms with E-state index in [-0.39, 0.29) is 25.5 Å². The predicted molar refractivity (Wildman–Crippen MR) is 111 cm³/mol. The van der Waals surface area contributed by atoms with Crippen LogP contribution in [0.2, 0.25) is 5.02 Å². The van der Waals surface area contributed by atoms with Crippen molar-refractivity contribution in [1.29, 1.82) is 0 Å². The number of nitrogens with two attached hydrogens (primary N) is 1. The maximum absolute atomic E-state index is 12.9. The van der Waals surface area contributed by atoms with Crippen molar-refractivity contribution in [2.75, 3.05) is 26.3 Å². The average Bonchev–Trinajstić information content (AvgIpc) is 2.67. The van der Waals surface area contributed by atoms with Crippen LogP contribution in [0.25, 0.3) is 0 Å². The summed E-state index contributed by atoms with van der Waals surface area (Å²) in [6, 6.07) is 14.8. The molecule has 6 nitrogen and oxygen atoms in total. The molecule has 1 saturated heterocycles. The summed E-state index contributed by atoms with van der Waals surface area (Å²) in [5.41, 5.74) is 6.55. The first kappa shape index (κ1) is 21.1. The predicted octanol–water partition coefficient (Wildman–Crippen LogP) is 2.74. The second-order valence-corrected chi connectivity index (χ2v) is 7.83. The quantitative estimate of drug-likeness (QED) is 0.752. The van der Waals surface area contributed by atoms with E-state index >= 15 is 0 Å².